The summed E-state index contributed by atoms with van der Waals surface area (Å²) in [5.74, 6) is 1.57. The standard InChI is InChI=1S/C13H15BrN2O2/c1-9-5-11(14)6-10(7-17)13(9)18-8-12-15-3-4-16(12)2/h3-6,17H,7-8H2,1-2H3. The Morgan fingerprint density at radius 1 is 1.44 bits per heavy atom. The molecule has 0 bridgehead atoms. The summed E-state index contributed by atoms with van der Waals surface area (Å²) < 4.78 is 8.62. The number of ether oxygens (including phenoxy) is 1. The molecule has 0 saturated carbocycles. The van der Waals surface area contributed by atoms with Crippen LogP contribution in [0, 0.1) is 6.92 Å². The summed E-state index contributed by atoms with van der Waals surface area (Å²) in [6, 6.07) is 3.83. The van der Waals surface area contributed by atoms with Crippen LogP contribution in [0.3, 0.4) is 0 Å². The predicted molar refractivity (Wildman–Crippen MR) is 72.3 cm³/mol. The average molecular weight is 311 g/mol. The molecular weight excluding hydrogens is 296 g/mol. The number of nitrogens with zero attached hydrogens (tertiary/aromatic N) is 2. The number of aromatic nitrogens is 2. The van der Waals surface area contributed by atoms with Crippen LogP contribution in [-0.4, -0.2) is 14.7 Å². The molecule has 0 atom stereocenters. The number of aryl methyl sites for hydroxylation is 2. The summed E-state index contributed by atoms with van der Waals surface area (Å²) in [6.07, 6.45) is 3.61. The van der Waals surface area contributed by atoms with Crippen molar-refractivity contribution in [2.75, 3.05) is 0 Å². The molecule has 0 spiro atoms. The Kier molecular flexibility index (Phi) is 4.04. The van der Waals surface area contributed by atoms with Crippen molar-refractivity contribution in [1.82, 2.24) is 9.55 Å². The van der Waals surface area contributed by atoms with Gasteiger partial charge in [0.15, 0.2) is 0 Å². The number of hydrogen-bond acceptors (Lipinski definition) is 3. The van der Waals surface area contributed by atoms with Gasteiger partial charge < -0.3 is 14.4 Å². The number of benzene rings is 1. The summed E-state index contributed by atoms with van der Waals surface area (Å²) >= 11 is 3.41. The molecule has 1 N–H and O–H groups in total. The maximum Gasteiger partial charge on any atom is 0.146 e. The van der Waals surface area contributed by atoms with E-state index in [9.17, 15) is 5.11 Å². The van der Waals surface area contributed by atoms with E-state index in [-0.39, 0.29) is 6.61 Å². The molecule has 0 radical (unpaired) electrons. The quantitative estimate of drug-likeness (QED) is 0.944. The second-order valence-electron chi connectivity index (χ2n) is 4.11. The van der Waals surface area contributed by atoms with E-state index in [2.05, 4.69) is 20.9 Å². The lowest BCUT2D eigenvalue weighted by atomic mass is 10.1. The van der Waals surface area contributed by atoms with Gasteiger partial charge >= 0.3 is 0 Å². The largest absolute Gasteiger partial charge is 0.485 e. The van der Waals surface area contributed by atoms with Crippen LogP contribution in [0.15, 0.2) is 29.0 Å². The molecule has 1 aromatic heterocycles. The number of imidazole rings is 1. The molecule has 5 heteroatoms. The van der Waals surface area contributed by atoms with Gasteiger partial charge in [0.2, 0.25) is 0 Å². The Morgan fingerprint density at radius 2 is 2.22 bits per heavy atom. The van der Waals surface area contributed by atoms with Crippen LogP contribution in [0.25, 0.3) is 0 Å². The average Bonchev–Trinajstić information content (AvgIpc) is 2.73. The zero-order valence-corrected chi connectivity index (χ0v) is 11.9. The van der Waals surface area contributed by atoms with Crippen molar-refractivity contribution in [3.63, 3.8) is 0 Å². The molecule has 0 unspecified atom stereocenters. The first-order valence-electron chi connectivity index (χ1n) is 5.60. The van der Waals surface area contributed by atoms with E-state index in [4.69, 9.17) is 4.74 Å². The molecule has 96 valence electrons. The van der Waals surface area contributed by atoms with Gasteiger partial charge in [-0.1, -0.05) is 15.9 Å². The van der Waals surface area contributed by atoms with Gasteiger partial charge in [0.25, 0.3) is 0 Å². The predicted octanol–water partition coefficient (Wildman–Crippen LogP) is 2.56. The summed E-state index contributed by atoms with van der Waals surface area (Å²) in [7, 11) is 1.92. The maximum absolute atomic E-state index is 9.36. The molecule has 4 nitrogen and oxygen atoms in total. The van der Waals surface area contributed by atoms with Crippen LogP contribution in [0.4, 0.5) is 0 Å². The van der Waals surface area contributed by atoms with Crippen molar-refractivity contribution in [1.29, 1.82) is 0 Å². The van der Waals surface area contributed by atoms with E-state index < -0.39 is 0 Å². The molecule has 18 heavy (non-hydrogen) atoms. The number of rotatable bonds is 4. The topological polar surface area (TPSA) is 47.3 Å². The number of halogens is 1. The third-order valence-electron chi connectivity index (χ3n) is 2.75. The highest BCUT2D eigenvalue weighted by atomic mass is 79.9. The Hall–Kier alpha value is -1.33. The van der Waals surface area contributed by atoms with E-state index in [1.807, 2.05) is 36.9 Å². The van der Waals surface area contributed by atoms with E-state index >= 15 is 0 Å². The van der Waals surface area contributed by atoms with Gasteiger partial charge in [-0.05, 0) is 24.6 Å². The third-order valence-corrected chi connectivity index (χ3v) is 3.21. The van der Waals surface area contributed by atoms with Crippen molar-refractivity contribution in [2.45, 2.75) is 20.1 Å². The zero-order chi connectivity index (χ0) is 13.1. The van der Waals surface area contributed by atoms with Gasteiger partial charge in [-0.15, -0.1) is 0 Å². The molecule has 2 aromatic rings. The normalized spacial score (nSPS) is 10.7. The lowest BCUT2D eigenvalue weighted by molar-refractivity contribution is 0.253. The van der Waals surface area contributed by atoms with Crippen LogP contribution in [-0.2, 0) is 20.3 Å². The highest BCUT2D eigenvalue weighted by Gasteiger charge is 2.09. The fourth-order valence-corrected chi connectivity index (χ4v) is 2.42. The first-order chi connectivity index (χ1) is 8.61. The van der Waals surface area contributed by atoms with Gasteiger partial charge in [0.1, 0.15) is 18.2 Å². The molecule has 0 amide bonds. The Bertz CT molecular complexity index is 552. The monoisotopic (exact) mass is 310 g/mol. The minimum Gasteiger partial charge on any atom is -0.485 e. The Morgan fingerprint density at radius 3 is 2.83 bits per heavy atom. The van der Waals surface area contributed by atoms with Crippen LogP contribution in [0.1, 0.15) is 17.0 Å². The van der Waals surface area contributed by atoms with Crippen molar-refractivity contribution < 1.29 is 9.84 Å². The number of aliphatic hydroxyl groups is 1. The maximum atomic E-state index is 9.36. The smallest absolute Gasteiger partial charge is 0.146 e. The molecule has 1 heterocycles. The summed E-state index contributed by atoms with van der Waals surface area (Å²) in [6.45, 7) is 2.30. The molecule has 0 saturated heterocycles. The second kappa shape index (κ2) is 5.54. The highest BCUT2D eigenvalue weighted by Crippen LogP contribution is 2.28. The van der Waals surface area contributed by atoms with Crippen LogP contribution < -0.4 is 4.74 Å². The second-order valence-corrected chi connectivity index (χ2v) is 5.03. The van der Waals surface area contributed by atoms with Gasteiger partial charge in [-0.2, -0.15) is 0 Å². The van der Waals surface area contributed by atoms with Crippen LogP contribution in [0.2, 0.25) is 0 Å². The van der Waals surface area contributed by atoms with Crippen LogP contribution >= 0.6 is 15.9 Å². The first-order valence-corrected chi connectivity index (χ1v) is 6.40. The van der Waals surface area contributed by atoms with E-state index in [0.717, 1.165) is 27.2 Å². The first kappa shape index (κ1) is 13.1. The Balaban J connectivity index is 2.21. The summed E-state index contributed by atoms with van der Waals surface area (Å²) in [5.41, 5.74) is 1.76. The molecule has 0 aliphatic carbocycles. The fraction of sp³-hybridized carbons (Fsp3) is 0.308. The third kappa shape index (κ3) is 2.73. The molecule has 0 fully saturated rings. The fourth-order valence-electron chi connectivity index (χ4n) is 1.80. The summed E-state index contributed by atoms with van der Waals surface area (Å²) in [4.78, 5) is 4.20. The van der Waals surface area contributed by atoms with Crippen molar-refractivity contribution in [3.8, 4) is 5.75 Å². The molecular formula is C13H15BrN2O2. The lowest BCUT2D eigenvalue weighted by Gasteiger charge is -2.13. The minimum atomic E-state index is -0.0455. The lowest BCUT2D eigenvalue weighted by Crippen LogP contribution is -2.05. The highest BCUT2D eigenvalue weighted by molar-refractivity contribution is 9.10. The molecule has 1 aromatic carbocycles. The van der Waals surface area contributed by atoms with Gasteiger partial charge in [0, 0.05) is 29.5 Å². The van der Waals surface area contributed by atoms with Crippen LogP contribution in [0.5, 0.6) is 5.75 Å². The van der Waals surface area contributed by atoms with E-state index in [1.165, 1.54) is 0 Å². The molecule has 2 rings (SSSR count). The Labute approximate surface area is 114 Å². The summed E-state index contributed by atoms with van der Waals surface area (Å²) in [5, 5.41) is 9.36. The number of aliphatic hydroxyl groups excluding tert-OH is 1. The molecule has 0 aliphatic rings. The minimum absolute atomic E-state index is 0.0455. The SMILES string of the molecule is Cc1cc(Br)cc(CO)c1OCc1nccn1C. The van der Waals surface area contributed by atoms with Gasteiger partial charge in [0.05, 0.1) is 6.61 Å². The molecule has 0 aliphatic heterocycles. The van der Waals surface area contributed by atoms with Gasteiger partial charge in [-0.3, -0.25) is 0 Å². The van der Waals surface area contributed by atoms with Crippen molar-refractivity contribution in [3.05, 3.63) is 46.0 Å². The number of hydrogen-bond donors (Lipinski definition) is 1. The zero-order valence-electron chi connectivity index (χ0n) is 10.4. The van der Waals surface area contributed by atoms with E-state index in [1.54, 1.807) is 6.20 Å². The van der Waals surface area contributed by atoms with Crippen molar-refractivity contribution >= 4 is 15.9 Å². The van der Waals surface area contributed by atoms with Crippen molar-refractivity contribution in [2.24, 2.45) is 7.05 Å². The van der Waals surface area contributed by atoms with E-state index in [0.29, 0.717) is 6.61 Å². The van der Waals surface area contributed by atoms with Gasteiger partial charge in [-0.25, -0.2) is 4.98 Å².